The van der Waals surface area contributed by atoms with Crippen LogP contribution in [0.3, 0.4) is 0 Å². The third-order valence-corrected chi connectivity index (χ3v) is 2.02. The molecular formula is C10H7Cl2O. The predicted octanol–water partition coefficient (Wildman–Crippen LogP) is 3.51. The highest BCUT2D eigenvalue weighted by Crippen LogP contribution is 2.21. The topological polar surface area (TPSA) is 17.1 Å². The molecule has 0 saturated heterocycles. The van der Waals surface area contributed by atoms with Gasteiger partial charge in [0.05, 0.1) is 0 Å². The van der Waals surface area contributed by atoms with Gasteiger partial charge in [0.15, 0.2) is 0 Å². The first kappa shape index (κ1) is 10.3. The van der Waals surface area contributed by atoms with Gasteiger partial charge in [0.2, 0.25) is 6.29 Å². The van der Waals surface area contributed by atoms with Crippen molar-refractivity contribution < 1.29 is 4.79 Å². The molecule has 0 spiro atoms. The Balaban J connectivity index is 2.83. The molecule has 0 aliphatic heterocycles. The zero-order valence-corrected chi connectivity index (χ0v) is 8.27. The van der Waals surface area contributed by atoms with Crippen LogP contribution in [0.5, 0.6) is 0 Å². The summed E-state index contributed by atoms with van der Waals surface area (Å²) in [6, 6.07) is 5.21. The molecule has 13 heavy (non-hydrogen) atoms. The Morgan fingerprint density at radius 1 is 1.38 bits per heavy atom. The van der Waals surface area contributed by atoms with Crippen LogP contribution >= 0.6 is 23.2 Å². The van der Waals surface area contributed by atoms with E-state index in [0.29, 0.717) is 10.0 Å². The normalized spacial score (nSPS) is 10.6. The van der Waals surface area contributed by atoms with Crippen LogP contribution in [0.25, 0.3) is 6.08 Å². The maximum atomic E-state index is 9.90. The average Bonchev–Trinajstić information content (AvgIpc) is 2.09. The van der Waals surface area contributed by atoms with Crippen LogP contribution in [-0.2, 0) is 4.79 Å². The second-order valence-electron chi connectivity index (χ2n) is 2.42. The molecule has 0 fully saturated rings. The average molecular weight is 214 g/mol. The van der Waals surface area contributed by atoms with Crippen molar-refractivity contribution in [2.45, 2.75) is 6.42 Å². The van der Waals surface area contributed by atoms with E-state index in [4.69, 9.17) is 23.2 Å². The lowest BCUT2D eigenvalue weighted by Crippen LogP contribution is -1.75. The third kappa shape index (κ3) is 3.21. The molecule has 1 rings (SSSR count). The van der Waals surface area contributed by atoms with Crippen molar-refractivity contribution in [2.24, 2.45) is 0 Å². The van der Waals surface area contributed by atoms with Gasteiger partial charge in [-0.25, -0.2) is 0 Å². The van der Waals surface area contributed by atoms with Gasteiger partial charge in [-0.2, -0.15) is 0 Å². The molecule has 0 saturated carbocycles. The summed E-state index contributed by atoms with van der Waals surface area (Å²) in [5.74, 6) is 0. The highest BCUT2D eigenvalue weighted by molar-refractivity contribution is 6.35. The lowest BCUT2D eigenvalue weighted by molar-refractivity contribution is 0.556. The Kier molecular flexibility index (Phi) is 4.00. The van der Waals surface area contributed by atoms with Crippen molar-refractivity contribution in [3.63, 3.8) is 0 Å². The summed E-state index contributed by atoms with van der Waals surface area (Å²) in [5.41, 5.74) is 0.848. The molecule has 0 aliphatic rings. The highest BCUT2D eigenvalue weighted by Gasteiger charge is 1.96. The van der Waals surface area contributed by atoms with Gasteiger partial charge < -0.3 is 0 Å². The fourth-order valence-electron chi connectivity index (χ4n) is 0.871. The number of benzene rings is 1. The molecule has 3 heteroatoms. The van der Waals surface area contributed by atoms with E-state index in [9.17, 15) is 4.79 Å². The van der Waals surface area contributed by atoms with Gasteiger partial charge in [0, 0.05) is 16.5 Å². The first-order valence-electron chi connectivity index (χ1n) is 3.70. The molecule has 0 aromatic heterocycles. The smallest absolute Gasteiger partial charge is 0.202 e. The minimum atomic E-state index is 0.277. The molecule has 1 radical (unpaired) electrons. The molecule has 67 valence electrons. The molecule has 0 N–H and O–H groups in total. The summed E-state index contributed by atoms with van der Waals surface area (Å²) >= 11 is 11.6. The Morgan fingerprint density at radius 2 is 2.15 bits per heavy atom. The Labute approximate surface area is 87.0 Å². The van der Waals surface area contributed by atoms with Gasteiger partial charge in [-0.3, -0.25) is 4.79 Å². The monoisotopic (exact) mass is 213 g/mol. The van der Waals surface area contributed by atoms with E-state index in [2.05, 4.69) is 0 Å². The van der Waals surface area contributed by atoms with E-state index in [-0.39, 0.29) is 6.42 Å². The van der Waals surface area contributed by atoms with Gasteiger partial charge >= 0.3 is 0 Å². The van der Waals surface area contributed by atoms with Crippen molar-refractivity contribution in [3.8, 4) is 0 Å². The summed E-state index contributed by atoms with van der Waals surface area (Å²) in [7, 11) is 0. The SMILES string of the molecule is O=[C]C/C=C/c1ccc(Cl)cc1Cl. The van der Waals surface area contributed by atoms with Gasteiger partial charge in [0.1, 0.15) is 0 Å². The van der Waals surface area contributed by atoms with E-state index in [1.807, 2.05) is 0 Å². The fraction of sp³-hybridized carbons (Fsp3) is 0.100. The summed E-state index contributed by atoms with van der Waals surface area (Å²) in [6.07, 6.45) is 5.50. The summed E-state index contributed by atoms with van der Waals surface area (Å²) in [4.78, 5) is 9.90. The maximum Gasteiger partial charge on any atom is 0.202 e. The van der Waals surface area contributed by atoms with Crippen LogP contribution in [0.15, 0.2) is 24.3 Å². The van der Waals surface area contributed by atoms with Crippen molar-refractivity contribution in [2.75, 3.05) is 0 Å². The molecule has 1 nitrogen and oxygen atoms in total. The Hall–Kier alpha value is -0.790. The standard InChI is InChI=1S/C10H7Cl2O/c11-9-5-4-8(10(12)7-9)3-1-2-6-13/h1,3-5,7H,2H2/b3-1+. The van der Waals surface area contributed by atoms with Crippen LogP contribution in [0.4, 0.5) is 0 Å². The molecule has 0 heterocycles. The molecule has 0 atom stereocenters. The Bertz CT molecular complexity index is 332. The number of halogens is 2. The van der Waals surface area contributed by atoms with E-state index < -0.39 is 0 Å². The second kappa shape index (κ2) is 5.05. The molecule has 0 bridgehead atoms. The summed E-state index contributed by atoms with van der Waals surface area (Å²) in [6.45, 7) is 0. The van der Waals surface area contributed by atoms with Crippen molar-refractivity contribution in [3.05, 3.63) is 39.9 Å². The first-order valence-corrected chi connectivity index (χ1v) is 4.46. The van der Waals surface area contributed by atoms with Crippen LogP contribution in [0, 0.1) is 0 Å². The minimum Gasteiger partial charge on any atom is -0.291 e. The lowest BCUT2D eigenvalue weighted by Gasteiger charge is -1.97. The number of carbonyl (C=O) groups excluding carboxylic acids is 1. The zero-order chi connectivity index (χ0) is 9.68. The van der Waals surface area contributed by atoms with E-state index in [1.165, 1.54) is 0 Å². The molecule has 1 aromatic carbocycles. The van der Waals surface area contributed by atoms with Crippen molar-refractivity contribution in [1.29, 1.82) is 0 Å². The van der Waals surface area contributed by atoms with Gasteiger partial charge in [-0.1, -0.05) is 41.4 Å². The van der Waals surface area contributed by atoms with Crippen LogP contribution < -0.4 is 0 Å². The number of allylic oxidation sites excluding steroid dienone is 1. The number of hydrogen-bond acceptors (Lipinski definition) is 1. The second-order valence-corrected chi connectivity index (χ2v) is 3.26. The predicted molar refractivity (Wildman–Crippen MR) is 55.8 cm³/mol. The lowest BCUT2D eigenvalue weighted by atomic mass is 10.2. The van der Waals surface area contributed by atoms with Gasteiger partial charge in [-0.15, -0.1) is 0 Å². The minimum absolute atomic E-state index is 0.277. The van der Waals surface area contributed by atoms with Gasteiger partial charge in [-0.05, 0) is 17.7 Å². The van der Waals surface area contributed by atoms with E-state index in [0.717, 1.165) is 5.56 Å². The molecule has 1 aromatic rings. The largest absolute Gasteiger partial charge is 0.291 e. The van der Waals surface area contributed by atoms with Crippen molar-refractivity contribution in [1.82, 2.24) is 0 Å². The van der Waals surface area contributed by atoms with E-state index in [1.54, 1.807) is 36.6 Å². The molecule has 0 aliphatic carbocycles. The third-order valence-electron chi connectivity index (χ3n) is 1.46. The van der Waals surface area contributed by atoms with Crippen molar-refractivity contribution >= 4 is 35.6 Å². The summed E-state index contributed by atoms with van der Waals surface area (Å²) < 4.78 is 0. The van der Waals surface area contributed by atoms with Crippen LogP contribution in [-0.4, -0.2) is 6.29 Å². The molecule has 0 amide bonds. The summed E-state index contributed by atoms with van der Waals surface area (Å²) in [5, 5.41) is 1.18. The first-order chi connectivity index (χ1) is 6.24. The quantitative estimate of drug-likeness (QED) is 0.752. The fourth-order valence-corrected chi connectivity index (χ4v) is 1.34. The van der Waals surface area contributed by atoms with E-state index >= 15 is 0 Å². The maximum absolute atomic E-state index is 9.90. The molecular weight excluding hydrogens is 207 g/mol. The molecule has 0 unspecified atom stereocenters. The zero-order valence-electron chi connectivity index (χ0n) is 6.76. The number of rotatable bonds is 3. The van der Waals surface area contributed by atoms with Crippen LogP contribution in [0.2, 0.25) is 10.0 Å². The van der Waals surface area contributed by atoms with Gasteiger partial charge in [0.25, 0.3) is 0 Å². The van der Waals surface area contributed by atoms with Crippen LogP contribution in [0.1, 0.15) is 12.0 Å². The highest BCUT2D eigenvalue weighted by atomic mass is 35.5. The Morgan fingerprint density at radius 3 is 2.77 bits per heavy atom. The number of hydrogen-bond donors (Lipinski definition) is 0.